The highest BCUT2D eigenvalue weighted by atomic mass is 16.5. The molecule has 2 aliphatic rings. The van der Waals surface area contributed by atoms with Crippen molar-refractivity contribution in [1.29, 1.82) is 0 Å². The Morgan fingerprint density at radius 3 is 3.00 bits per heavy atom. The zero-order valence-electron chi connectivity index (χ0n) is 15.8. The molecule has 0 spiro atoms. The second-order valence-electron chi connectivity index (χ2n) is 7.41. The van der Waals surface area contributed by atoms with Crippen molar-refractivity contribution in [2.24, 2.45) is 4.99 Å². The van der Waals surface area contributed by atoms with E-state index in [1.165, 1.54) is 29.2 Å². The number of amidine groups is 1. The number of aliphatic imine (C=N–C) groups is 1. The number of benzene rings is 2. The third kappa shape index (κ3) is 3.45. The number of rotatable bonds is 4. The summed E-state index contributed by atoms with van der Waals surface area (Å²) in [5, 5.41) is 9.44. The van der Waals surface area contributed by atoms with Gasteiger partial charge in [-0.1, -0.05) is 24.3 Å². The van der Waals surface area contributed by atoms with Crippen molar-refractivity contribution in [3.8, 4) is 0 Å². The average Bonchev–Trinajstić information content (AvgIpc) is 3.16. The number of hydrogen-bond donors (Lipinski definition) is 2. The largest absolute Gasteiger partial charge is 0.382 e. The van der Waals surface area contributed by atoms with Gasteiger partial charge in [-0.05, 0) is 48.9 Å². The second-order valence-corrected chi connectivity index (χ2v) is 7.41. The van der Waals surface area contributed by atoms with E-state index in [-0.39, 0.29) is 0 Å². The number of pyridine rings is 1. The van der Waals surface area contributed by atoms with Crippen molar-refractivity contribution in [2.45, 2.75) is 31.9 Å². The Bertz CT molecular complexity index is 1020. The summed E-state index contributed by atoms with van der Waals surface area (Å²) in [4.78, 5) is 9.06. The molecule has 5 nitrogen and oxygen atoms in total. The van der Waals surface area contributed by atoms with Gasteiger partial charge in [-0.15, -0.1) is 0 Å². The van der Waals surface area contributed by atoms with Gasteiger partial charge in [-0.2, -0.15) is 0 Å². The molecule has 2 aromatic carbocycles. The van der Waals surface area contributed by atoms with Crippen molar-refractivity contribution < 1.29 is 4.74 Å². The maximum absolute atomic E-state index is 5.84. The molecule has 0 radical (unpaired) electrons. The zero-order valence-corrected chi connectivity index (χ0v) is 15.8. The van der Waals surface area contributed by atoms with Crippen molar-refractivity contribution in [3.05, 3.63) is 66.0 Å². The fourth-order valence-electron chi connectivity index (χ4n) is 3.96. The standard InChI is InChI=1S/C23H24N4O/c1-2-12-28-19(7-1)15-25-21-8-3-5-16-13-18(9-10-20(16)21)27-23-22-17(14-26-23)6-4-11-24-22/h3-6,8-11,13,19,25H,1-2,7,12,14-15H2,(H,26,27). The molecule has 1 fully saturated rings. The molecule has 0 amide bonds. The van der Waals surface area contributed by atoms with Gasteiger partial charge in [-0.3, -0.25) is 9.98 Å². The summed E-state index contributed by atoms with van der Waals surface area (Å²) in [6.45, 7) is 2.44. The summed E-state index contributed by atoms with van der Waals surface area (Å²) in [5.41, 5.74) is 4.30. The number of ether oxygens (including phenoxy) is 1. The Morgan fingerprint density at radius 1 is 1.07 bits per heavy atom. The zero-order chi connectivity index (χ0) is 18.8. The lowest BCUT2D eigenvalue weighted by molar-refractivity contribution is 0.0248. The number of nitrogens with one attached hydrogen (secondary N) is 2. The fraction of sp³-hybridized carbons (Fsp3) is 0.304. The number of anilines is 2. The molecule has 2 aliphatic heterocycles. The number of hydrogen-bond acceptors (Lipinski definition) is 5. The molecule has 1 aromatic heterocycles. The highest BCUT2D eigenvalue weighted by Gasteiger charge is 2.17. The van der Waals surface area contributed by atoms with Crippen LogP contribution in [-0.2, 0) is 11.3 Å². The molecule has 2 N–H and O–H groups in total. The molecule has 1 atom stereocenters. The molecular formula is C23H24N4O. The predicted molar refractivity (Wildman–Crippen MR) is 114 cm³/mol. The monoisotopic (exact) mass is 372 g/mol. The lowest BCUT2D eigenvalue weighted by atomic mass is 10.1. The molecule has 0 saturated carbocycles. The van der Waals surface area contributed by atoms with Gasteiger partial charge < -0.3 is 15.4 Å². The molecule has 0 aliphatic carbocycles. The van der Waals surface area contributed by atoms with Gasteiger partial charge in [0.05, 0.1) is 12.6 Å². The minimum atomic E-state index is 0.317. The van der Waals surface area contributed by atoms with Gasteiger partial charge in [-0.25, -0.2) is 0 Å². The smallest absolute Gasteiger partial charge is 0.152 e. The Kier molecular flexibility index (Phi) is 4.67. The molecule has 3 heterocycles. The topological polar surface area (TPSA) is 58.5 Å². The van der Waals surface area contributed by atoms with Crippen LogP contribution in [-0.4, -0.2) is 30.1 Å². The Labute approximate surface area is 164 Å². The van der Waals surface area contributed by atoms with Crippen molar-refractivity contribution >= 4 is 28.0 Å². The van der Waals surface area contributed by atoms with Crippen LogP contribution in [0.3, 0.4) is 0 Å². The van der Waals surface area contributed by atoms with Crippen LogP contribution in [0.5, 0.6) is 0 Å². The van der Waals surface area contributed by atoms with E-state index in [0.29, 0.717) is 12.6 Å². The van der Waals surface area contributed by atoms with E-state index in [2.05, 4.69) is 63.1 Å². The third-order valence-electron chi connectivity index (χ3n) is 5.46. The molecule has 1 saturated heterocycles. The summed E-state index contributed by atoms with van der Waals surface area (Å²) in [6.07, 6.45) is 5.72. The molecule has 142 valence electrons. The predicted octanol–water partition coefficient (Wildman–Crippen LogP) is 4.59. The molecule has 0 bridgehead atoms. The Hall–Kier alpha value is -2.92. The number of aromatic nitrogens is 1. The summed E-state index contributed by atoms with van der Waals surface area (Å²) in [7, 11) is 0. The van der Waals surface area contributed by atoms with E-state index < -0.39 is 0 Å². The van der Waals surface area contributed by atoms with Gasteiger partial charge in [0.1, 0.15) is 5.69 Å². The second kappa shape index (κ2) is 7.60. The summed E-state index contributed by atoms with van der Waals surface area (Å²) in [5.74, 6) is 0.846. The van der Waals surface area contributed by atoms with E-state index in [1.807, 2.05) is 12.3 Å². The maximum Gasteiger partial charge on any atom is 0.152 e. The fourth-order valence-corrected chi connectivity index (χ4v) is 3.96. The van der Waals surface area contributed by atoms with Crippen LogP contribution in [0.15, 0.2) is 59.7 Å². The van der Waals surface area contributed by atoms with Crippen LogP contribution >= 0.6 is 0 Å². The van der Waals surface area contributed by atoms with E-state index in [9.17, 15) is 0 Å². The molecule has 5 heteroatoms. The van der Waals surface area contributed by atoms with Gasteiger partial charge in [0.25, 0.3) is 0 Å². The molecule has 5 rings (SSSR count). The van der Waals surface area contributed by atoms with Crippen LogP contribution < -0.4 is 10.6 Å². The molecule has 3 aromatic rings. The normalized spacial score (nSPS) is 18.6. The molecule has 28 heavy (non-hydrogen) atoms. The number of nitrogens with zero attached hydrogens (tertiary/aromatic N) is 2. The van der Waals surface area contributed by atoms with Crippen LogP contribution in [0.2, 0.25) is 0 Å². The van der Waals surface area contributed by atoms with Crippen molar-refractivity contribution in [2.75, 3.05) is 23.8 Å². The van der Waals surface area contributed by atoms with Crippen LogP contribution in [0.4, 0.5) is 11.4 Å². The first-order chi connectivity index (χ1) is 13.9. The van der Waals surface area contributed by atoms with Crippen LogP contribution in [0.25, 0.3) is 10.8 Å². The average molecular weight is 372 g/mol. The van der Waals surface area contributed by atoms with E-state index in [4.69, 9.17) is 4.74 Å². The quantitative estimate of drug-likeness (QED) is 0.703. The summed E-state index contributed by atoms with van der Waals surface area (Å²) < 4.78 is 5.84. The summed E-state index contributed by atoms with van der Waals surface area (Å²) in [6, 6.07) is 16.9. The maximum atomic E-state index is 5.84. The lowest BCUT2D eigenvalue weighted by Crippen LogP contribution is -2.27. The number of fused-ring (bicyclic) bond motifs is 2. The third-order valence-corrected chi connectivity index (χ3v) is 5.46. The first-order valence-electron chi connectivity index (χ1n) is 10.0. The lowest BCUT2D eigenvalue weighted by Gasteiger charge is -2.23. The van der Waals surface area contributed by atoms with E-state index >= 15 is 0 Å². The minimum absolute atomic E-state index is 0.317. The van der Waals surface area contributed by atoms with Crippen LogP contribution in [0, 0.1) is 0 Å². The Morgan fingerprint density at radius 2 is 2.07 bits per heavy atom. The van der Waals surface area contributed by atoms with Crippen molar-refractivity contribution in [1.82, 2.24) is 4.98 Å². The highest BCUT2D eigenvalue weighted by molar-refractivity contribution is 6.10. The first-order valence-corrected chi connectivity index (χ1v) is 10.0. The van der Waals surface area contributed by atoms with Gasteiger partial charge in [0, 0.05) is 41.7 Å². The minimum Gasteiger partial charge on any atom is -0.382 e. The summed E-state index contributed by atoms with van der Waals surface area (Å²) >= 11 is 0. The SMILES string of the molecule is c1cnc2c(c1)CN=C2Nc1ccc2c(NCC3CCCCO3)cccc2c1. The van der Waals surface area contributed by atoms with Gasteiger partial charge in [0.15, 0.2) is 5.84 Å². The van der Waals surface area contributed by atoms with Crippen molar-refractivity contribution in [3.63, 3.8) is 0 Å². The molecule has 1 unspecified atom stereocenters. The van der Waals surface area contributed by atoms with E-state index in [0.717, 1.165) is 42.5 Å². The van der Waals surface area contributed by atoms with Crippen LogP contribution in [0.1, 0.15) is 30.5 Å². The van der Waals surface area contributed by atoms with E-state index in [1.54, 1.807) is 0 Å². The van der Waals surface area contributed by atoms with Gasteiger partial charge >= 0.3 is 0 Å². The first kappa shape index (κ1) is 17.2. The highest BCUT2D eigenvalue weighted by Crippen LogP contribution is 2.27. The van der Waals surface area contributed by atoms with Gasteiger partial charge in [0.2, 0.25) is 0 Å². The molecular weight excluding hydrogens is 348 g/mol. The Balaban J connectivity index is 1.34.